The Labute approximate surface area is 119 Å². The summed E-state index contributed by atoms with van der Waals surface area (Å²) in [6.07, 6.45) is 4.47. The van der Waals surface area contributed by atoms with Crippen molar-refractivity contribution in [3.63, 3.8) is 0 Å². The van der Waals surface area contributed by atoms with Crippen molar-refractivity contribution in [1.29, 1.82) is 0 Å². The van der Waals surface area contributed by atoms with E-state index in [0.29, 0.717) is 6.04 Å². The van der Waals surface area contributed by atoms with Crippen LogP contribution < -0.4 is 10.1 Å². The van der Waals surface area contributed by atoms with Crippen LogP contribution in [-0.4, -0.2) is 16.9 Å². The van der Waals surface area contributed by atoms with Gasteiger partial charge in [0.25, 0.3) is 0 Å². The second kappa shape index (κ2) is 5.67. The summed E-state index contributed by atoms with van der Waals surface area (Å²) in [6, 6.07) is 10.9. The molecule has 0 aliphatic heterocycles. The number of benzene rings is 1. The first-order valence-corrected chi connectivity index (χ1v) is 7.12. The molecule has 1 unspecified atom stereocenters. The molecule has 4 nitrogen and oxygen atoms in total. The lowest BCUT2D eigenvalue weighted by molar-refractivity contribution is 0.413. The lowest BCUT2D eigenvalue weighted by atomic mass is 10.0. The normalized spacial score (nSPS) is 16.1. The van der Waals surface area contributed by atoms with Gasteiger partial charge in [0.2, 0.25) is 0 Å². The van der Waals surface area contributed by atoms with Crippen LogP contribution in [0.3, 0.4) is 0 Å². The minimum atomic E-state index is 0.427. The van der Waals surface area contributed by atoms with Gasteiger partial charge in [-0.1, -0.05) is 12.1 Å². The topological polar surface area (TPSA) is 39.1 Å². The third-order valence-electron chi connectivity index (χ3n) is 3.99. The van der Waals surface area contributed by atoms with E-state index in [2.05, 4.69) is 28.6 Å². The minimum absolute atomic E-state index is 0.427. The second-order valence-electron chi connectivity index (χ2n) is 5.42. The first-order valence-electron chi connectivity index (χ1n) is 7.12. The van der Waals surface area contributed by atoms with Gasteiger partial charge >= 0.3 is 0 Å². The molecule has 1 aliphatic carbocycles. The van der Waals surface area contributed by atoms with Crippen molar-refractivity contribution in [2.45, 2.75) is 25.4 Å². The van der Waals surface area contributed by atoms with E-state index in [-0.39, 0.29) is 0 Å². The Morgan fingerprint density at radius 1 is 1.30 bits per heavy atom. The SMILES string of the molecule is COc1ccc(C(NCc2ccnn2C)C2CC2)cc1. The molecule has 1 heterocycles. The predicted molar refractivity (Wildman–Crippen MR) is 78.5 cm³/mol. The highest BCUT2D eigenvalue weighted by atomic mass is 16.5. The van der Waals surface area contributed by atoms with Crippen molar-refractivity contribution in [3.8, 4) is 5.75 Å². The van der Waals surface area contributed by atoms with Gasteiger partial charge in [-0.15, -0.1) is 0 Å². The Balaban J connectivity index is 1.70. The Morgan fingerprint density at radius 2 is 2.05 bits per heavy atom. The van der Waals surface area contributed by atoms with Crippen molar-refractivity contribution in [3.05, 3.63) is 47.8 Å². The van der Waals surface area contributed by atoms with Crippen LogP contribution in [0.2, 0.25) is 0 Å². The van der Waals surface area contributed by atoms with Gasteiger partial charge in [0.15, 0.2) is 0 Å². The number of hydrogen-bond donors (Lipinski definition) is 1. The van der Waals surface area contributed by atoms with E-state index in [1.54, 1.807) is 7.11 Å². The van der Waals surface area contributed by atoms with E-state index < -0.39 is 0 Å². The third kappa shape index (κ3) is 2.85. The minimum Gasteiger partial charge on any atom is -0.497 e. The van der Waals surface area contributed by atoms with Crippen molar-refractivity contribution in [2.24, 2.45) is 13.0 Å². The monoisotopic (exact) mass is 271 g/mol. The van der Waals surface area contributed by atoms with Crippen LogP contribution in [0.5, 0.6) is 5.75 Å². The van der Waals surface area contributed by atoms with E-state index in [1.165, 1.54) is 24.1 Å². The van der Waals surface area contributed by atoms with Crippen LogP contribution >= 0.6 is 0 Å². The van der Waals surface area contributed by atoms with Crippen molar-refractivity contribution in [1.82, 2.24) is 15.1 Å². The fourth-order valence-electron chi connectivity index (χ4n) is 2.59. The molecule has 106 valence electrons. The molecule has 0 radical (unpaired) electrons. The molecular formula is C16H21N3O. The lowest BCUT2D eigenvalue weighted by Gasteiger charge is -2.19. The highest BCUT2D eigenvalue weighted by Gasteiger charge is 2.32. The Morgan fingerprint density at radius 3 is 2.60 bits per heavy atom. The van der Waals surface area contributed by atoms with Crippen LogP contribution in [0, 0.1) is 5.92 Å². The zero-order valence-electron chi connectivity index (χ0n) is 12.0. The molecule has 1 fully saturated rings. The zero-order valence-corrected chi connectivity index (χ0v) is 12.0. The number of nitrogens with zero attached hydrogens (tertiary/aromatic N) is 2. The molecule has 1 N–H and O–H groups in total. The van der Waals surface area contributed by atoms with Gasteiger partial charge < -0.3 is 10.1 Å². The molecule has 0 bridgehead atoms. The Kier molecular flexibility index (Phi) is 3.74. The Bertz CT molecular complexity index is 557. The summed E-state index contributed by atoms with van der Waals surface area (Å²) in [4.78, 5) is 0. The largest absolute Gasteiger partial charge is 0.497 e. The fourth-order valence-corrected chi connectivity index (χ4v) is 2.59. The van der Waals surface area contributed by atoms with Crippen molar-refractivity contribution < 1.29 is 4.74 Å². The van der Waals surface area contributed by atoms with E-state index in [1.807, 2.05) is 30.1 Å². The molecule has 1 aliphatic rings. The summed E-state index contributed by atoms with van der Waals surface area (Å²) < 4.78 is 7.15. The quantitative estimate of drug-likeness (QED) is 0.878. The maximum absolute atomic E-state index is 5.23. The maximum Gasteiger partial charge on any atom is 0.118 e. The maximum atomic E-state index is 5.23. The predicted octanol–water partition coefficient (Wildman–Crippen LogP) is 2.67. The molecular weight excluding hydrogens is 250 g/mol. The van der Waals surface area contributed by atoms with Crippen LogP contribution in [-0.2, 0) is 13.6 Å². The molecule has 2 aromatic rings. The van der Waals surface area contributed by atoms with Crippen LogP contribution in [0.1, 0.15) is 30.1 Å². The van der Waals surface area contributed by atoms with Gasteiger partial charge in [-0.25, -0.2) is 0 Å². The van der Waals surface area contributed by atoms with E-state index >= 15 is 0 Å². The van der Waals surface area contributed by atoms with Gasteiger partial charge in [-0.2, -0.15) is 5.10 Å². The molecule has 1 atom stereocenters. The van der Waals surface area contributed by atoms with E-state index in [9.17, 15) is 0 Å². The zero-order chi connectivity index (χ0) is 13.9. The molecule has 1 aromatic heterocycles. The first-order chi connectivity index (χ1) is 9.78. The average molecular weight is 271 g/mol. The molecule has 4 heteroatoms. The first kappa shape index (κ1) is 13.2. The summed E-state index contributed by atoms with van der Waals surface area (Å²) >= 11 is 0. The van der Waals surface area contributed by atoms with Gasteiger partial charge in [-0.3, -0.25) is 4.68 Å². The standard InChI is InChI=1S/C16H21N3O/c1-19-14(9-10-18-19)11-17-16(12-3-4-12)13-5-7-15(20-2)8-6-13/h5-10,12,16-17H,3-4,11H2,1-2H3. The molecule has 1 saturated carbocycles. The summed E-state index contributed by atoms with van der Waals surface area (Å²) in [7, 11) is 3.69. The van der Waals surface area contributed by atoms with E-state index in [4.69, 9.17) is 4.74 Å². The Hall–Kier alpha value is -1.81. The summed E-state index contributed by atoms with van der Waals surface area (Å²) in [5.41, 5.74) is 2.56. The number of aryl methyl sites for hydroxylation is 1. The fraction of sp³-hybridized carbons (Fsp3) is 0.438. The molecule has 20 heavy (non-hydrogen) atoms. The van der Waals surface area contributed by atoms with Gasteiger partial charge in [-0.05, 0) is 42.5 Å². The number of rotatable bonds is 6. The highest BCUT2D eigenvalue weighted by Crippen LogP contribution is 2.41. The molecule has 1 aromatic carbocycles. The number of hydrogen-bond acceptors (Lipinski definition) is 3. The summed E-state index contributed by atoms with van der Waals surface area (Å²) in [5.74, 6) is 1.67. The number of methoxy groups -OCH3 is 1. The van der Waals surface area contributed by atoms with E-state index in [0.717, 1.165) is 18.2 Å². The summed E-state index contributed by atoms with van der Waals surface area (Å²) in [6.45, 7) is 0.851. The summed E-state index contributed by atoms with van der Waals surface area (Å²) in [5, 5.41) is 7.89. The second-order valence-corrected chi connectivity index (χ2v) is 5.42. The van der Waals surface area contributed by atoms with Gasteiger partial charge in [0.05, 0.1) is 12.8 Å². The molecule has 0 spiro atoms. The van der Waals surface area contributed by atoms with Gasteiger partial charge in [0, 0.05) is 25.8 Å². The van der Waals surface area contributed by atoms with Crippen LogP contribution in [0.15, 0.2) is 36.5 Å². The van der Waals surface area contributed by atoms with Crippen molar-refractivity contribution in [2.75, 3.05) is 7.11 Å². The number of nitrogens with one attached hydrogen (secondary N) is 1. The third-order valence-corrected chi connectivity index (χ3v) is 3.99. The number of aromatic nitrogens is 2. The van der Waals surface area contributed by atoms with Crippen molar-refractivity contribution >= 4 is 0 Å². The van der Waals surface area contributed by atoms with Crippen LogP contribution in [0.4, 0.5) is 0 Å². The molecule has 0 saturated heterocycles. The smallest absolute Gasteiger partial charge is 0.118 e. The average Bonchev–Trinajstić information content (AvgIpc) is 3.23. The molecule has 0 amide bonds. The van der Waals surface area contributed by atoms with Gasteiger partial charge in [0.1, 0.15) is 5.75 Å². The molecule has 3 rings (SSSR count). The highest BCUT2D eigenvalue weighted by molar-refractivity contribution is 5.30. The number of ether oxygens (including phenoxy) is 1. The van der Waals surface area contributed by atoms with Crippen LogP contribution in [0.25, 0.3) is 0 Å². The lowest BCUT2D eigenvalue weighted by Crippen LogP contribution is -2.23.